The average Bonchev–Trinajstić information content (AvgIpc) is 2.90. The Balaban J connectivity index is 1.40. The van der Waals surface area contributed by atoms with Crippen LogP contribution in [0.1, 0.15) is 29.5 Å². The maximum Gasteiger partial charge on any atom is 0.322 e. The van der Waals surface area contributed by atoms with Crippen molar-refractivity contribution in [1.29, 1.82) is 0 Å². The highest BCUT2D eigenvalue weighted by atomic mass is 35.5. The molecular weight excluding hydrogens is 470 g/mol. The zero-order chi connectivity index (χ0) is 25.3. The zero-order valence-corrected chi connectivity index (χ0v) is 22.0. The predicted octanol–water partition coefficient (Wildman–Crippen LogP) is 6.44. The van der Waals surface area contributed by atoms with E-state index in [1.165, 1.54) is 11.1 Å². The number of hydrogen-bond donors (Lipinski definition) is 1. The standard InChI is InChI=1S/C30H36ClN3O2/c1-23-8-13-29(36-2)28(22-23)32-30(35)34(21-15-24-6-4-3-5-7-24)27-16-19-33(20-17-27)18-14-25-9-11-26(31)12-10-25/h3-13,22,27H,14-21H2,1-2H3,(H,32,35). The van der Waals surface area contributed by atoms with Crippen molar-refractivity contribution in [2.75, 3.05) is 38.6 Å². The lowest BCUT2D eigenvalue weighted by atomic mass is 10.0. The summed E-state index contributed by atoms with van der Waals surface area (Å²) >= 11 is 6.02. The molecule has 0 aliphatic carbocycles. The van der Waals surface area contributed by atoms with Gasteiger partial charge in [0.25, 0.3) is 0 Å². The second kappa shape index (κ2) is 12.8. The number of carbonyl (C=O) groups is 1. The van der Waals surface area contributed by atoms with Gasteiger partial charge < -0.3 is 19.9 Å². The molecule has 5 nitrogen and oxygen atoms in total. The molecule has 0 unspecified atom stereocenters. The van der Waals surface area contributed by atoms with Crippen molar-refractivity contribution < 1.29 is 9.53 Å². The summed E-state index contributed by atoms with van der Waals surface area (Å²) in [7, 11) is 1.63. The largest absolute Gasteiger partial charge is 0.495 e. The summed E-state index contributed by atoms with van der Waals surface area (Å²) in [5.41, 5.74) is 4.34. The quantitative estimate of drug-likeness (QED) is 0.364. The number of likely N-dealkylation sites (tertiary alicyclic amines) is 1. The van der Waals surface area contributed by atoms with Crippen molar-refractivity contribution in [3.8, 4) is 5.75 Å². The first kappa shape index (κ1) is 26.1. The zero-order valence-electron chi connectivity index (χ0n) is 21.3. The molecule has 36 heavy (non-hydrogen) atoms. The molecule has 2 amide bonds. The van der Waals surface area contributed by atoms with E-state index in [0.717, 1.165) is 55.9 Å². The molecule has 3 aromatic carbocycles. The Bertz CT molecular complexity index is 1110. The van der Waals surface area contributed by atoms with Crippen LogP contribution < -0.4 is 10.1 Å². The first-order valence-corrected chi connectivity index (χ1v) is 13.1. The molecule has 3 aromatic rings. The highest BCUT2D eigenvalue weighted by Gasteiger charge is 2.28. The number of hydrogen-bond acceptors (Lipinski definition) is 3. The number of ether oxygens (including phenoxy) is 1. The number of piperidine rings is 1. The Labute approximate surface area is 220 Å². The van der Waals surface area contributed by atoms with E-state index in [1.54, 1.807) is 7.11 Å². The van der Waals surface area contributed by atoms with Crippen molar-refractivity contribution in [3.05, 3.63) is 94.5 Å². The van der Waals surface area contributed by atoms with E-state index in [1.807, 2.05) is 48.2 Å². The Morgan fingerprint density at radius 1 is 1.00 bits per heavy atom. The second-order valence-electron chi connectivity index (χ2n) is 9.51. The Hall–Kier alpha value is -3.02. The molecule has 190 valence electrons. The molecule has 1 aliphatic rings. The molecule has 0 spiro atoms. The third-order valence-corrected chi connectivity index (χ3v) is 7.22. The molecule has 0 aromatic heterocycles. The van der Waals surface area contributed by atoms with Gasteiger partial charge >= 0.3 is 6.03 Å². The van der Waals surface area contributed by atoms with Crippen LogP contribution in [0.5, 0.6) is 5.75 Å². The van der Waals surface area contributed by atoms with Crippen molar-refractivity contribution in [3.63, 3.8) is 0 Å². The summed E-state index contributed by atoms with van der Waals surface area (Å²) in [4.78, 5) is 18.1. The van der Waals surface area contributed by atoms with Gasteiger partial charge in [-0.05, 0) is 73.6 Å². The lowest BCUT2D eigenvalue weighted by Gasteiger charge is -2.38. The number of benzene rings is 3. The van der Waals surface area contributed by atoms with Crippen LogP contribution in [0, 0.1) is 6.92 Å². The van der Waals surface area contributed by atoms with Gasteiger partial charge in [-0.3, -0.25) is 0 Å². The minimum absolute atomic E-state index is 0.0607. The number of urea groups is 1. The van der Waals surface area contributed by atoms with Crippen LogP contribution in [0.2, 0.25) is 5.02 Å². The summed E-state index contributed by atoms with van der Waals surface area (Å²) in [5.74, 6) is 0.675. The Morgan fingerprint density at radius 3 is 2.39 bits per heavy atom. The maximum absolute atomic E-state index is 13.6. The van der Waals surface area contributed by atoms with Gasteiger partial charge in [-0.1, -0.05) is 60.1 Å². The fraction of sp³-hybridized carbons (Fsp3) is 0.367. The van der Waals surface area contributed by atoms with Crippen LogP contribution in [-0.4, -0.2) is 55.2 Å². The number of aryl methyl sites for hydroxylation is 1. The number of nitrogens with zero attached hydrogens (tertiary/aromatic N) is 2. The summed E-state index contributed by atoms with van der Waals surface area (Å²) in [6.45, 7) is 5.69. The van der Waals surface area contributed by atoms with Gasteiger partial charge in [-0.2, -0.15) is 0 Å². The molecular formula is C30H36ClN3O2. The van der Waals surface area contributed by atoms with E-state index in [9.17, 15) is 4.79 Å². The van der Waals surface area contributed by atoms with Crippen molar-refractivity contribution in [2.45, 2.75) is 38.6 Å². The highest BCUT2D eigenvalue weighted by Crippen LogP contribution is 2.27. The summed E-state index contributed by atoms with van der Waals surface area (Å²) in [6, 6.07) is 24.5. The summed E-state index contributed by atoms with van der Waals surface area (Å²) in [5, 5.41) is 3.91. The first-order valence-electron chi connectivity index (χ1n) is 12.7. The van der Waals surface area contributed by atoms with Gasteiger partial charge in [0, 0.05) is 37.2 Å². The molecule has 1 N–H and O–H groups in total. The normalized spacial score (nSPS) is 14.4. The van der Waals surface area contributed by atoms with Crippen molar-refractivity contribution in [2.24, 2.45) is 0 Å². The molecule has 0 radical (unpaired) electrons. The molecule has 6 heteroatoms. The van der Waals surface area contributed by atoms with Crippen LogP contribution in [0.25, 0.3) is 0 Å². The van der Waals surface area contributed by atoms with E-state index in [4.69, 9.17) is 16.3 Å². The van der Waals surface area contributed by atoms with Crippen LogP contribution in [0.4, 0.5) is 10.5 Å². The van der Waals surface area contributed by atoms with E-state index in [-0.39, 0.29) is 12.1 Å². The second-order valence-corrected chi connectivity index (χ2v) is 9.95. The molecule has 1 aliphatic heterocycles. The molecule has 1 saturated heterocycles. The smallest absolute Gasteiger partial charge is 0.322 e. The first-order chi connectivity index (χ1) is 17.5. The monoisotopic (exact) mass is 505 g/mol. The summed E-state index contributed by atoms with van der Waals surface area (Å²) in [6.07, 6.45) is 3.77. The van der Waals surface area contributed by atoms with E-state index in [2.05, 4.69) is 46.6 Å². The van der Waals surface area contributed by atoms with Crippen LogP contribution in [0.3, 0.4) is 0 Å². The lowest BCUT2D eigenvalue weighted by molar-refractivity contribution is 0.128. The number of halogens is 1. The van der Waals surface area contributed by atoms with Crippen molar-refractivity contribution >= 4 is 23.3 Å². The molecule has 0 atom stereocenters. The molecule has 0 bridgehead atoms. The number of amides is 2. The predicted molar refractivity (Wildman–Crippen MR) is 148 cm³/mol. The topological polar surface area (TPSA) is 44.8 Å². The van der Waals surface area contributed by atoms with Crippen molar-refractivity contribution in [1.82, 2.24) is 9.80 Å². The number of methoxy groups -OCH3 is 1. The number of nitrogens with one attached hydrogen (secondary N) is 1. The summed E-state index contributed by atoms with van der Waals surface area (Å²) < 4.78 is 5.49. The van der Waals surface area contributed by atoms with Gasteiger partial charge in [0.2, 0.25) is 0 Å². The van der Waals surface area contributed by atoms with Gasteiger partial charge in [0.1, 0.15) is 5.75 Å². The van der Waals surface area contributed by atoms with E-state index >= 15 is 0 Å². The van der Waals surface area contributed by atoms with Gasteiger partial charge in [0.15, 0.2) is 0 Å². The third-order valence-electron chi connectivity index (χ3n) is 6.97. The molecule has 4 rings (SSSR count). The van der Waals surface area contributed by atoms with Gasteiger partial charge in [-0.25, -0.2) is 4.79 Å². The Kier molecular flexibility index (Phi) is 9.26. The SMILES string of the molecule is COc1ccc(C)cc1NC(=O)N(CCc1ccccc1)C1CCN(CCc2ccc(Cl)cc2)CC1. The fourth-order valence-electron chi connectivity index (χ4n) is 4.84. The minimum Gasteiger partial charge on any atom is -0.495 e. The number of carbonyl (C=O) groups excluding carboxylic acids is 1. The van der Waals surface area contributed by atoms with Crippen LogP contribution in [-0.2, 0) is 12.8 Å². The van der Waals surface area contributed by atoms with Gasteiger partial charge in [0.05, 0.1) is 12.8 Å². The molecule has 0 saturated carbocycles. The number of anilines is 1. The molecule has 1 heterocycles. The minimum atomic E-state index is -0.0607. The van der Waals surface area contributed by atoms with Crippen LogP contribution in [0.15, 0.2) is 72.8 Å². The average molecular weight is 506 g/mol. The van der Waals surface area contributed by atoms with Crippen LogP contribution >= 0.6 is 11.6 Å². The fourth-order valence-corrected chi connectivity index (χ4v) is 4.97. The van der Waals surface area contributed by atoms with E-state index in [0.29, 0.717) is 18.0 Å². The third kappa shape index (κ3) is 7.25. The number of rotatable bonds is 9. The highest BCUT2D eigenvalue weighted by molar-refractivity contribution is 6.30. The van der Waals surface area contributed by atoms with E-state index < -0.39 is 0 Å². The molecule has 1 fully saturated rings. The Morgan fingerprint density at radius 2 is 1.69 bits per heavy atom. The maximum atomic E-state index is 13.6. The lowest BCUT2D eigenvalue weighted by Crippen LogP contribution is -2.49. The van der Waals surface area contributed by atoms with Gasteiger partial charge in [-0.15, -0.1) is 0 Å².